The number of nitrogens with zero attached hydrogens (tertiary/aromatic N) is 1. The van der Waals surface area contributed by atoms with Crippen molar-refractivity contribution in [2.24, 2.45) is 0 Å². The molecular weight excluding hydrogens is 310 g/mol. The first-order valence-corrected chi connectivity index (χ1v) is 8.31. The molecule has 1 heterocycles. The fraction of sp³-hybridized carbons (Fsp3) is 0.136. The predicted molar refractivity (Wildman–Crippen MR) is 99.0 cm³/mol. The zero-order valence-electron chi connectivity index (χ0n) is 14.0. The lowest BCUT2D eigenvalue weighted by Crippen LogP contribution is -2.33. The molecule has 3 nitrogen and oxygen atoms in total. The Morgan fingerprint density at radius 1 is 1.00 bits per heavy atom. The number of furan rings is 1. The zero-order chi connectivity index (χ0) is 17.5. The molecule has 0 spiro atoms. The number of hydrogen-bond donors (Lipinski definition) is 0. The first kappa shape index (κ1) is 16.8. The lowest BCUT2D eigenvalue weighted by Gasteiger charge is -2.26. The summed E-state index contributed by atoms with van der Waals surface area (Å²) in [5.74, 6) is 0.737. The van der Waals surface area contributed by atoms with E-state index < -0.39 is 0 Å². The van der Waals surface area contributed by atoms with Crippen LogP contribution in [0.5, 0.6) is 0 Å². The maximum Gasteiger partial charge on any atom is 0.246 e. The average molecular weight is 331 g/mol. The number of carbonyl (C=O) groups is 1. The standard InChI is InChI=1S/C22H21NO2/c1-2-22(24)23(16-18-10-5-3-6-11-18)17-20(21-14-9-15-25-21)19-12-7-4-8-13-19/h2-15,20H,1,16-17H2. The monoisotopic (exact) mass is 331 g/mol. The fourth-order valence-corrected chi connectivity index (χ4v) is 2.92. The summed E-state index contributed by atoms with van der Waals surface area (Å²) in [5, 5.41) is 0. The number of amides is 1. The second kappa shape index (κ2) is 8.15. The van der Waals surface area contributed by atoms with Gasteiger partial charge in [-0.25, -0.2) is 0 Å². The molecule has 0 N–H and O–H groups in total. The molecule has 0 bridgehead atoms. The Morgan fingerprint density at radius 2 is 1.68 bits per heavy atom. The SMILES string of the molecule is C=CC(=O)N(Cc1ccccc1)CC(c1ccccc1)c1ccco1. The molecule has 0 radical (unpaired) electrons. The minimum atomic E-state index is -0.0867. The van der Waals surface area contributed by atoms with Crippen LogP contribution in [0.3, 0.4) is 0 Å². The van der Waals surface area contributed by atoms with Crippen molar-refractivity contribution in [3.05, 3.63) is 109 Å². The Bertz CT molecular complexity index is 795. The largest absolute Gasteiger partial charge is 0.469 e. The van der Waals surface area contributed by atoms with Crippen LogP contribution in [0.15, 0.2) is 96.1 Å². The van der Waals surface area contributed by atoms with E-state index in [4.69, 9.17) is 4.42 Å². The second-order valence-electron chi connectivity index (χ2n) is 5.89. The maximum atomic E-state index is 12.4. The molecule has 0 aliphatic carbocycles. The van der Waals surface area contributed by atoms with Crippen molar-refractivity contribution in [1.29, 1.82) is 0 Å². The summed E-state index contributed by atoms with van der Waals surface area (Å²) in [5.41, 5.74) is 2.20. The van der Waals surface area contributed by atoms with Crippen molar-refractivity contribution < 1.29 is 9.21 Å². The molecule has 0 aliphatic heterocycles. The predicted octanol–water partition coefficient (Wildman–Crippen LogP) is 4.63. The molecule has 0 saturated heterocycles. The first-order valence-electron chi connectivity index (χ1n) is 8.31. The van der Waals surface area contributed by atoms with Gasteiger partial charge in [-0.05, 0) is 29.3 Å². The van der Waals surface area contributed by atoms with E-state index in [0.29, 0.717) is 13.1 Å². The van der Waals surface area contributed by atoms with Crippen LogP contribution in [0.25, 0.3) is 0 Å². The Balaban J connectivity index is 1.89. The summed E-state index contributed by atoms with van der Waals surface area (Å²) in [7, 11) is 0. The van der Waals surface area contributed by atoms with Crippen LogP contribution in [0.1, 0.15) is 22.8 Å². The average Bonchev–Trinajstić information content (AvgIpc) is 3.20. The van der Waals surface area contributed by atoms with E-state index in [1.165, 1.54) is 6.08 Å². The van der Waals surface area contributed by atoms with E-state index in [-0.39, 0.29) is 11.8 Å². The van der Waals surface area contributed by atoms with Crippen molar-refractivity contribution >= 4 is 5.91 Å². The Kier molecular flexibility index (Phi) is 5.47. The first-order chi connectivity index (χ1) is 12.3. The Morgan fingerprint density at radius 3 is 2.28 bits per heavy atom. The molecule has 0 saturated carbocycles. The highest BCUT2D eigenvalue weighted by molar-refractivity contribution is 5.87. The molecule has 1 amide bonds. The quantitative estimate of drug-likeness (QED) is 0.592. The molecule has 25 heavy (non-hydrogen) atoms. The summed E-state index contributed by atoms with van der Waals surface area (Å²) in [6, 6.07) is 23.9. The number of hydrogen-bond acceptors (Lipinski definition) is 2. The van der Waals surface area contributed by atoms with Gasteiger partial charge in [-0.2, -0.15) is 0 Å². The van der Waals surface area contributed by atoms with Crippen molar-refractivity contribution in [1.82, 2.24) is 4.90 Å². The van der Waals surface area contributed by atoms with Gasteiger partial charge in [0.2, 0.25) is 5.91 Å². The summed E-state index contributed by atoms with van der Waals surface area (Å²) in [6.07, 6.45) is 3.04. The van der Waals surface area contributed by atoms with Gasteiger partial charge in [0.15, 0.2) is 0 Å². The number of rotatable bonds is 7. The minimum Gasteiger partial charge on any atom is -0.469 e. The summed E-state index contributed by atoms with van der Waals surface area (Å²) in [4.78, 5) is 14.2. The van der Waals surface area contributed by atoms with Crippen LogP contribution < -0.4 is 0 Å². The van der Waals surface area contributed by atoms with Crippen LogP contribution in [0.2, 0.25) is 0 Å². The van der Waals surface area contributed by atoms with E-state index in [1.807, 2.05) is 65.6 Å². The topological polar surface area (TPSA) is 33.5 Å². The second-order valence-corrected chi connectivity index (χ2v) is 5.89. The highest BCUT2D eigenvalue weighted by Crippen LogP contribution is 2.27. The number of benzene rings is 2. The van der Waals surface area contributed by atoms with Gasteiger partial charge < -0.3 is 9.32 Å². The lowest BCUT2D eigenvalue weighted by atomic mass is 9.95. The van der Waals surface area contributed by atoms with Gasteiger partial charge in [0.25, 0.3) is 0 Å². The van der Waals surface area contributed by atoms with Gasteiger partial charge in [-0.1, -0.05) is 67.2 Å². The molecule has 126 valence electrons. The van der Waals surface area contributed by atoms with Crippen LogP contribution in [0, 0.1) is 0 Å². The van der Waals surface area contributed by atoms with E-state index >= 15 is 0 Å². The van der Waals surface area contributed by atoms with E-state index in [0.717, 1.165) is 16.9 Å². The molecule has 1 unspecified atom stereocenters. The van der Waals surface area contributed by atoms with Crippen molar-refractivity contribution in [3.8, 4) is 0 Å². The van der Waals surface area contributed by atoms with E-state index in [2.05, 4.69) is 18.7 Å². The highest BCUT2D eigenvalue weighted by atomic mass is 16.3. The summed E-state index contributed by atoms with van der Waals surface area (Å²) >= 11 is 0. The van der Waals surface area contributed by atoms with Gasteiger partial charge in [0.1, 0.15) is 5.76 Å². The Labute approximate surface area is 148 Å². The molecule has 0 aliphatic rings. The van der Waals surface area contributed by atoms with Crippen LogP contribution in [-0.4, -0.2) is 17.4 Å². The fourth-order valence-electron chi connectivity index (χ4n) is 2.92. The van der Waals surface area contributed by atoms with Crippen molar-refractivity contribution in [3.63, 3.8) is 0 Å². The maximum absolute atomic E-state index is 12.4. The highest BCUT2D eigenvalue weighted by Gasteiger charge is 2.22. The zero-order valence-corrected chi connectivity index (χ0v) is 14.0. The smallest absolute Gasteiger partial charge is 0.246 e. The minimum absolute atomic E-state index is 0.0242. The van der Waals surface area contributed by atoms with Crippen molar-refractivity contribution in [2.75, 3.05) is 6.54 Å². The molecule has 1 atom stereocenters. The molecule has 3 aromatic rings. The third-order valence-corrected chi connectivity index (χ3v) is 4.19. The van der Waals surface area contributed by atoms with Crippen LogP contribution in [-0.2, 0) is 11.3 Å². The number of carbonyl (C=O) groups excluding carboxylic acids is 1. The molecule has 0 fully saturated rings. The summed E-state index contributed by atoms with van der Waals surface area (Å²) < 4.78 is 5.65. The van der Waals surface area contributed by atoms with E-state index in [9.17, 15) is 4.79 Å². The van der Waals surface area contributed by atoms with Gasteiger partial charge in [-0.3, -0.25) is 4.79 Å². The molecule has 3 rings (SSSR count). The van der Waals surface area contributed by atoms with Gasteiger partial charge in [-0.15, -0.1) is 0 Å². The molecule has 3 heteroatoms. The third-order valence-electron chi connectivity index (χ3n) is 4.19. The van der Waals surface area contributed by atoms with Gasteiger partial charge in [0.05, 0.1) is 12.2 Å². The third kappa shape index (κ3) is 4.27. The lowest BCUT2D eigenvalue weighted by molar-refractivity contribution is -0.126. The van der Waals surface area contributed by atoms with Gasteiger partial charge in [0, 0.05) is 13.1 Å². The summed E-state index contributed by atoms with van der Waals surface area (Å²) in [6.45, 7) is 4.71. The van der Waals surface area contributed by atoms with Crippen LogP contribution in [0.4, 0.5) is 0 Å². The molecule has 1 aromatic heterocycles. The van der Waals surface area contributed by atoms with E-state index in [1.54, 1.807) is 6.26 Å². The molecule has 2 aromatic carbocycles. The van der Waals surface area contributed by atoms with Gasteiger partial charge >= 0.3 is 0 Å². The van der Waals surface area contributed by atoms with Crippen LogP contribution >= 0.6 is 0 Å². The normalized spacial score (nSPS) is 11.7. The molecular formula is C22H21NO2. The Hall–Kier alpha value is -3.07. The van der Waals surface area contributed by atoms with Crippen molar-refractivity contribution in [2.45, 2.75) is 12.5 Å².